The molecule has 0 saturated heterocycles. The zero-order valence-corrected chi connectivity index (χ0v) is 9.11. The fraction of sp³-hybridized carbons (Fsp3) is 0.636. The third kappa shape index (κ3) is 2.81. The largest absolute Gasteiger partial charge is 0.382 e. The van der Waals surface area contributed by atoms with E-state index in [1.54, 1.807) is 6.07 Å². The van der Waals surface area contributed by atoms with Gasteiger partial charge in [-0.2, -0.15) is 0 Å². The SMILES string of the molecule is CC1CCC(Nc2ccc(N)nn2)CC1. The summed E-state index contributed by atoms with van der Waals surface area (Å²) in [5, 5.41) is 11.2. The highest BCUT2D eigenvalue weighted by Crippen LogP contribution is 2.25. The van der Waals surface area contributed by atoms with Gasteiger partial charge in [-0.05, 0) is 43.7 Å². The summed E-state index contributed by atoms with van der Waals surface area (Å²) >= 11 is 0. The fourth-order valence-electron chi connectivity index (χ4n) is 2.03. The van der Waals surface area contributed by atoms with Gasteiger partial charge in [-0.25, -0.2) is 0 Å². The first kappa shape index (κ1) is 10.2. The van der Waals surface area contributed by atoms with E-state index in [2.05, 4.69) is 22.4 Å². The van der Waals surface area contributed by atoms with Gasteiger partial charge in [-0.1, -0.05) is 6.92 Å². The van der Waals surface area contributed by atoms with Crippen LogP contribution in [0.3, 0.4) is 0 Å². The molecule has 0 radical (unpaired) electrons. The standard InChI is InChI=1S/C11H18N4/c1-8-2-4-9(5-3-8)13-11-7-6-10(12)14-15-11/h6-9H,2-5H2,1H3,(H2,12,14)(H,13,15). The van der Waals surface area contributed by atoms with Gasteiger partial charge in [0.1, 0.15) is 11.6 Å². The molecule has 2 rings (SSSR count). The molecule has 4 heteroatoms. The van der Waals surface area contributed by atoms with Crippen molar-refractivity contribution in [1.82, 2.24) is 10.2 Å². The maximum absolute atomic E-state index is 5.48. The molecule has 1 aliphatic carbocycles. The predicted molar refractivity (Wildman–Crippen MR) is 61.5 cm³/mol. The van der Waals surface area contributed by atoms with Crippen molar-refractivity contribution < 1.29 is 0 Å². The number of nitrogen functional groups attached to an aromatic ring is 1. The molecule has 15 heavy (non-hydrogen) atoms. The van der Waals surface area contributed by atoms with E-state index in [1.807, 2.05) is 6.07 Å². The van der Waals surface area contributed by atoms with E-state index in [1.165, 1.54) is 25.7 Å². The maximum Gasteiger partial charge on any atom is 0.149 e. The molecule has 3 N–H and O–H groups in total. The average Bonchev–Trinajstić information content (AvgIpc) is 2.25. The average molecular weight is 206 g/mol. The van der Waals surface area contributed by atoms with Crippen LogP contribution in [0, 0.1) is 5.92 Å². The summed E-state index contributed by atoms with van der Waals surface area (Å²) in [6.07, 6.45) is 5.07. The molecule has 1 saturated carbocycles. The van der Waals surface area contributed by atoms with E-state index in [-0.39, 0.29) is 0 Å². The van der Waals surface area contributed by atoms with Gasteiger partial charge in [0, 0.05) is 6.04 Å². The van der Waals surface area contributed by atoms with Crippen LogP contribution in [0.5, 0.6) is 0 Å². The maximum atomic E-state index is 5.48. The van der Waals surface area contributed by atoms with E-state index in [0.717, 1.165) is 11.7 Å². The number of hydrogen-bond donors (Lipinski definition) is 2. The van der Waals surface area contributed by atoms with Crippen LogP contribution in [0.4, 0.5) is 11.6 Å². The molecule has 1 heterocycles. The Kier molecular flexibility index (Phi) is 3.04. The minimum Gasteiger partial charge on any atom is -0.382 e. The van der Waals surface area contributed by atoms with Gasteiger partial charge in [-0.3, -0.25) is 0 Å². The summed E-state index contributed by atoms with van der Waals surface area (Å²) in [7, 11) is 0. The second-order valence-electron chi connectivity index (χ2n) is 4.44. The van der Waals surface area contributed by atoms with E-state index < -0.39 is 0 Å². The molecule has 1 aromatic heterocycles. The topological polar surface area (TPSA) is 63.8 Å². The Morgan fingerprint density at radius 3 is 2.53 bits per heavy atom. The lowest BCUT2D eigenvalue weighted by atomic mass is 9.87. The minimum atomic E-state index is 0.470. The first-order valence-electron chi connectivity index (χ1n) is 5.60. The first-order chi connectivity index (χ1) is 7.24. The number of rotatable bonds is 2. The normalized spacial score (nSPS) is 26.2. The Hall–Kier alpha value is -1.32. The van der Waals surface area contributed by atoms with Crippen molar-refractivity contribution in [2.45, 2.75) is 38.6 Å². The van der Waals surface area contributed by atoms with E-state index in [9.17, 15) is 0 Å². The minimum absolute atomic E-state index is 0.470. The number of nitrogens with one attached hydrogen (secondary N) is 1. The smallest absolute Gasteiger partial charge is 0.149 e. The van der Waals surface area contributed by atoms with Gasteiger partial charge in [0.2, 0.25) is 0 Å². The highest BCUT2D eigenvalue weighted by molar-refractivity contribution is 5.39. The lowest BCUT2D eigenvalue weighted by Gasteiger charge is -2.27. The first-order valence-corrected chi connectivity index (χ1v) is 5.60. The summed E-state index contributed by atoms with van der Waals surface area (Å²) in [5.74, 6) is 2.18. The zero-order chi connectivity index (χ0) is 10.7. The highest BCUT2D eigenvalue weighted by atomic mass is 15.2. The lowest BCUT2D eigenvalue weighted by Crippen LogP contribution is -2.25. The Bertz CT molecular complexity index is 301. The van der Waals surface area contributed by atoms with E-state index in [4.69, 9.17) is 5.73 Å². The fourth-order valence-corrected chi connectivity index (χ4v) is 2.03. The second-order valence-corrected chi connectivity index (χ2v) is 4.44. The van der Waals surface area contributed by atoms with E-state index in [0.29, 0.717) is 11.9 Å². The molecule has 0 unspecified atom stereocenters. The third-order valence-electron chi connectivity index (χ3n) is 3.05. The van der Waals surface area contributed by atoms with Gasteiger partial charge in [0.15, 0.2) is 0 Å². The summed E-state index contributed by atoms with van der Waals surface area (Å²) in [5.41, 5.74) is 5.48. The number of hydrogen-bond acceptors (Lipinski definition) is 4. The molecular weight excluding hydrogens is 188 g/mol. The van der Waals surface area contributed by atoms with Gasteiger partial charge < -0.3 is 11.1 Å². The van der Waals surface area contributed by atoms with Crippen LogP contribution in [-0.2, 0) is 0 Å². The highest BCUT2D eigenvalue weighted by Gasteiger charge is 2.18. The molecule has 0 spiro atoms. The molecule has 1 fully saturated rings. The van der Waals surface area contributed by atoms with Crippen LogP contribution >= 0.6 is 0 Å². The van der Waals surface area contributed by atoms with Crippen molar-refractivity contribution in [3.63, 3.8) is 0 Å². The van der Waals surface area contributed by atoms with Gasteiger partial charge >= 0.3 is 0 Å². The Labute approximate surface area is 90.3 Å². The molecule has 1 aromatic rings. The second kappa shape index (κ2) is 4.47. The van der Waals surface area contributed by atoms with Gasteiger partial charge in [0.25, 0.3) is 0 Å². The van der Waals surface area contributed by atoms with Crippen molar-refractivity contribution in [2.75, 3.05) is 11.1 Å². The molecule has 1 aliphatic rings. The molecule has 0 aliphatic heterocycles. The van der Waals surface area contributed by atoms with Crippen molar-refractivity contribution in [1.29, 1.82) is 0 Å². The third-order valence-corrected chi connectivity index (χ3v) is 3.05. The molecule has 0 atom stereocenters. The summed E-state index contributed by atoms with van der Waals surface area (Å²) in [6.45, 7) is 2.32. The summed E-state index contributed by atoms with van der Waals surface area (Å²) in [6, 6.07) is 4.22. The van der Waals surface area contributed by atoms with Crippen molar-refractivity contribution in [3.8, 4) is 0 Å². The van der Waals surface area contributed by atoms with Crippen LogP contribution in [0.2, 0.25) is 0 Å². The molecular formula is C11H18N4. The van der Waals surface area contributed by atoms with Crippen LogP contribution in [-0.4, -0.2) is 16.2 Å². The van der Waals surface area contributed by atoms with Crippen LogP contribution in [0.1, 0.15) is 32.6 Å². The quantitative estimate of drug-likeness (QED) is 0.777. The van der Waals surface area contributed by atoms with Crippen molar-refractivity contribution >= 4 is 11.6 Å². The van der Waals surface area contributed by atoms with Crippen molar-refractivity contribution in [3.05, 3.63) is 12.1 Å². The molecule has 82 valence electrons. The number of nitrogens with zero attached hydrogens (tertiary/aromatic N) is 2. The predicted octanol–water partition coefficient (Wildman–Crippen LogP) is 2.05. The van der Waals surface area contributed by atoms with Gasteiger partial charge in [-0.15, -0.1) is 10.2 Å². The molecule has 0 bridgehead atoms. The molecule has 0 aromatic carbocycles. The number of nitrogens with two attached hydrogens (primary N) is 1. The number of anilines is 2. The Morgan fingerprint density at radius 2 is 1.93 bits per heavy atom. The monoisotopic (exact) mass is 206 g/mol. The van der Waals surface area contributed by atoms with Crippen LogP contribution in [0.25, 0.3) is 0 Å². The molecule has 4 nitrogen and oxygen atoms in total. The van der Waals surface area contributed by atoms with Gasteiger partial charge in [0.05, 0.1) is 0 Å². The number of aromatic nitrogens is 2. The Balaban J connectivity index is 1.89. The Morgan fingerprint density at radius 1 is 1.20 bits per heavy atom. The van der Waals surface area contributed by atoms with Crippen LogP contribution < -0.4 is 11.1 Å². The van der Waals surface area contributed by atoms with Crippen molar-refractivity contribution in [2.24, 2.45) is 5.92 Å². The zero-order valence-electron chi connectivity index (χ0n) is 9.11. The lowest BCUT2D eigenvalue weighted by molar-refractivity contribution is 0.360. The van der Waals surface area contributed by atoms with E-state index >= 15 is 0 Å². The van der Waals surface area contributed by atoms with Crippen LogP contribution in [0.15, 0.2) is 12.1 Å². The summed E-state index contributed by atoms with van der Waals surface area (Å²) < 4.78 is 0. The molecule has 0 amide bonds. The summed E-state index contributed by atoms with van der Waals surface area (Å²) in [4.78, 5) is 0.